The number of aromatic nitrogens is 1. The quantitative estimate of drug-likeness (QED) is 0.547. The molecule has 1 saturated heterocycles. The summed E-state index contributed by atoms with van der Waals surface area (Å²) in [6.45, 7) is 8.06. The molecule has 2 atom stereocenters. The molecule has 172 valence electrons. The van der Waals surface area contributed by atoms with E-state index in [1.807, 2.05) is 57.2 Å². The first kappa shape index (κ1) is 25.4. The summed E-state index contributed by atoms with van der Waals surface area (Å²) in [6, 6.07) is 11.3. The highest BCUT2D eigenvalue weighted by atomic mass is 32.2. The van der Waals surface area contributed by atoms with Crippen LogP contribution in [0.25, 0.3) is 0 Å². The molecule has 1 N–H and O–H groups in total. The smallest absolute Gasteiger partial charge is 0.306 e. The molecule has 3 rings (SSSR count). The molecule has 0 aliphatic carbocycles. The van der Waals surface area contributed by atoms with Crippen LogP contribution in [0.15, 0.2) is 42.6 Å². The van der Waals surface area contributed by atoms with Gasteiger partial charge >= 0.3 is 5.97 Å². The highest BCUT2D eigenvalue weighted by Crippen LogP contribution is 2.24. The maximum absolute atomic E-state index is 11.6. The van der Waals surface area contributed by atoms with Gasteiger partial charge in [0.05, 0.1) is 11.9 Å². The monoisotopic (exact) mass is 458 g/mol. The number of amides is 2. The number of carbonyl (C=O) groups excluding carboxylic acids is 3. The molecule has 2 aromatic rings. The summed E-state index contributed by atoms with van der Waals surface area (Å²) in [4.78, 5) is 38.7. The Labute approximate surface area is 193 Å². The van der Waals surface area contributed by atoms with Crippen LogP contribution in [0, 0.1) is 0 Å². The van der Waals surface area contributed by atoms with Crippen molar-refractivity contribution in [3.8, 4) is 5.75 Å². The van der Waals surface area contributed by atoms with E-state index in [-0.39, 0.29) is 28.5 Å². The van der Waals surface area contributed by atoms with Crippen LogP contribution in [0.1, 0.15) is 57.0 Å². The summed E-state index contributed by atoms with van der Waals surface area (Å²) in [6.07, 6.45) is 2.90. The Balaban J connectivity index is 0.00000176. The number of hydrogen-bond acceptors (Lipinski definition) is 7. The van der Waals surface area contributed by atoms with Crippen LogP contribution in [0.2, 0.25) is 0 Å². The van der Waals surface area contributed by atoms with Gasteiger partial charge in [-0.25, -0.2) is 0 Å². The standard InChI is InChI=1S/C22H24N2O5S.C2H6/c1-3-20(25)29-14(2)16-6-7-17(23-13-16)10-11-28-18-8-4-15(5-9-18)12-19-21(26)24-22(27)30-19;1-2/h4-9,13-14,19H,3,10-12H2,1-2H3,(H,24,26,27);1-2H3/t14?,19-;/m1./s1. The molecular formula is C24H30N2O5S. The summed E-state index contributed by atoms with van der Waals surface area (Å²) in [7, 11) is 0. The molecule has 1 aromatic heterocycles. The minimum atomic E-state index is -0.369. The Morgan fingerprint density at radius 1 is 1.16 bits per heavy atom. The first-order valence-corrected chi connectivity index (χ1v) is 11.7. The highest BCUT2D eigenvalue weighted by Gasteiger charge is 2.31. The molecule has 1 fully saturated rings. The summed E-state index contributed by atoms with van der Waals surface area (Å²) in [5, 5.41) is 1.64. The SMILES string of the molecule is CC.CCC(=O)OC(C)c1ccc(CCOc2ccc(C[C@H]3SC(=O)NC3=O)cc2)nc1. The predicted octanol–water partition coefficient (Wildman–Crippen LogP) is 4.64. The topological polar surface area (TPSA) is 94.6 Å². The van der Waals surface area contributed by atoms with Crippen molar-refractivity contribution in [1.82, 2.24) is 10.3 Å². The first-order valence-electron chi connectivity index (χ1n) is 10.8. The number of pyridine rings is 1. The second-order valence-electron chi connectivity index (χ2n) is 6.90. The summed E-state index contributed by atoms with van der Waals surface area (Å²) in [5.74, 6) is 0.265. The minimum Gasteiger partial charge on any atom is -0.493 e. The summed E-state index contributed by atoms with van der Waals surface area (Å²) in [5.41, 5.74) is 2.71. The van der Waals surface area contributed by atoms with E-state index in [9.17, 15) is 14.4 Å². The molecule has 0 radical (unpaired) electrons. The molecule has 2 amide bonds. The van der Waals surface area contributed by atoms with Crippen molar-refractivity contribution in [2.75, 3.05) is 6.61 Å². The van der Waals surface area contributed by atoms with Gasteiger partial charge in [0.2, 0.25) is 5.91 Å². The lowest BCUT2D eigenvalue weighted by molar-refractivity contribution is -0.148. The fourth-order valence-electron chi connectivity index (χ4n) is 2.91. The maximum atomic E-state index is 11.6. The number of nitrogens with zero attached hydrogens (tertiary/aromatic N) is 1. The second-order valence-corrected chi connectivity index (χ2v) is 8.07. The van der Waals surface area contributed by atoms with Crippen molar-refractivity contribution < 1.29 is 23.9 Å². The van der Waals surface area contributed by atoms with Crippen LogP contribution < -0.4 is 10.1 Å². The van der Waals surface area contributed by atoms with Crippen molar-refractivity contribution >= 4 is 28.9 Å². The van der Waals surface area contributed by atoms with E-state index >= 15 is 0 Å². The van der Waals surface area contributed by atoms with Crippen LogP contribution in [-0.4, -0.2) is 34.0 Å². The largest absolute Gasteiger partial charge is 0.493 e. The Morgan fingerprint density at radius 3 is 2.44 bits per heavy atom. The van der Waals surface area contributed by atoms with Crippen LogP contribution in [0.3, 0.4) is 0 Å². The lowest BCUT2D eigenvalue weighted by atomic mass is 10.1. The normalized spacial score (nSPS) is 15.9. The Kier molecular flexibility index (Phi) is 10.2. The van der Waals surface area contributed by atoms with E-state index in [0.717, 1.165) is 34.3 Å². The number of nitrogens with one attached hydrogen (secondary N) is 1. The summed E-state index contributed by atoms with van der Waals surface area (Å²) < 4.78 is 11.1. The number of ether oxygens (including phenoxy) is 2. The van der Waals surface area contributed by atoms with Gasteiger partial charge in [-0.05, 0) is 37.1 Å². The zero-order chi connectivity index (χ0) is 23.5. The van der Waals surface area contributed by atoms with Gasteiger partial charge in [-0.2, -0.15) is 0 Å². The van der Waals surface area contributed by atoms with Gasteiger partial charge in [0.1, 0.15) is 11.9 Å². The number of rotatable bonds is 9. The Hall–Kier alpha value is -2.87. The Morgan fingerprint density at radius 2 is 1.88 bits per heavy atom. The van der Waals surface area contributed by atoms with E-state index in [4.69, 9.17) is 9.47 Å². The molecule has 1 unspecified atom stereocenters. The lowest BCUT2D eigenvalue weighted by Gasteiger charge is -2.13. The van der Waals surface area contributed by atoms with Crippen molar-refractivity contribution in [3.05, 3.63) is 59.4 Å². The van der Waals surface area contributed by atoms with E-state index in [2.05, 4.69) is 10.3 Å². The maximum Gasteiger partial charge on any atom is 0.306 e. The van der Waals surface area contributed by atoms with Gasteiger partial charge in [0.25, 0.3) is 5.24 Å². The molecule has 0 spiro atoms. The van der Waals surface area contributed by atoms with Gasteiger partial charge in [-0.1, -0.05) is 50.7 Å². The molecule has 0 saturated carbocycles. The van der Waals surface area contributed by atoms with Gasteiger partial charge < -0.3 is 9.47 Å². The van der Waals surface area contributed by atoms with Crippen LogP contribution >= 0.6 is 11.8 Å². The number of hydrogen-bond donors (Lipinski definition) is 1. The van der Waals surface area contributed by atoms with Gasteiger partial charge in [0, 0.05) is 30.3 Å². The molecule has 7 nitrogen and oxygen atoms in total. The summed E-state index contributed by atoms with van der Waals surface area (Å²) >= 11 is 1.03. The third-order valence-electron chi connectivity index (χ3n) is 4.65. The third kappa shape index (κ3) is 7.67. The number of imide groups is 1. The first-order chi connectivity index (χ1) is 15.4. The predicted molar refractivity (Wildman–Crippen MR) is 125 cm³/mol. The van der Waals surface area contributed by atoms with Crippen molar-refractivity contribution in [2.24, 2.45) is 0 Å². The molecule has 0 bridgehead atoms. The van der Waals surface area contributed by atoms with Gasteiger partial charge in [-0.15, -0.1) is 0 Å². The molecular weight excluding hydrogens is 428 g/mol. The van der Waals surface area contributed by atoms with Crippen molar-refractivity contribution in [3.63, 3.8) is 0 Å². The molecule has 8 heteroatoms. The lowest BCUT2D eigenvalue weighted by Crippen LogP contribution is -2.25. The van der Waals surface area contributed by atoms with E-state index in [1.165, 1.54) is 0 Å². The number of thioether (sulfide) groups is 1. The average Bonchev–Trinajstić information content (AvgIpc) is 3.13. The highest BCUT2D eigenvalue weighted by molar-refractivity contribution is 8.15. The van der Waals surface area contributed by atoms with E-state index < -0.39 is 0 Å². The molecule has 1 aliphatic rings. The van der Waals surface area contributed by atoms with E-state index in [0.29, 0.717) is 25.9 Å². The zero-order valence-corrected chi connectivity index (χ0v) is 19.7. The minimum absolute atomic E-state index is 0.232. The van der Waals surface area contributed by atoms with Crippen LogP contribution in [-0.2, 0) is 27.2 Å². The van der Waals surface area contributed by atoms with Gasteiger partial charge in [0.15, 0.2) is 0 Å². The number of benzene rings is 1. The fraction of sp³-hybridized carbons (Fsp3) is 0.417. The fourth-order valence-corrected chi connectivity index (χ4v) is 3.77. The average molecular weight is 459 g/mol. The van der Waals surface area contributed by atoms with Crippen LogP contribution in [0.4, 0.5) is 4.79 Å². The van der Waals surface area contributed by atoms with E-state index in [1.54, 1.807) is 13.1 Å². The zero-order valence-electron chi connectivity index (χ0n) is 18.9. The van der Waals surface area contributed by atoms with Gasteiger partial charge in [-0.3, -0.25) is 24.7 Å². The van der Waals surface area contributed by atoms with Crippen molar-refractivity contribution in [2.45, 2.75) is 58.3 Å². The second kappa shape index (κ2) is 12.9. The number of carbonyl (C=O) groups is 3. The molecule has 32 heavy (non-hydrogen) atoms. The molecule has 1 aromatic carbocycles. The molecule has 1 aliphatic heterocycles. The molecule has 2 heterocycles. The third-order valence-corrected chi connectivity index (χ3v) is 5.63. The Bertz CT molecular complexity index is 900. The van der Waals surface area contributed by atoms with Crippen LogP contribution in [0.5, 0.6) is 5.75 Å². The number of esters is 1. The van der Waals surface area contributed by atoms with Crippen molar-refractivity contribution in [1.29, 1.82) is 0 Å².